The minimum atomic E-state index is -0.469. The molecule has 0 radical (unpaired) electrons. The number of rotatable bonds is 4. The lowest BCUT2D eigenvalue weighted by molar-refractivity contribution is 0.106. The fourth-order valence-corrected chi connectivity index (χ4v) is 5.43. The molecule has 0 spiro atoms. The Hall–Kier alpha value is -5.60. The van der Waals surface area contributed by atoms with Crippen molar-refractivity contribution in [1.82, 2.24) is 15.0 Å². The largest absolute Gasteiger partial charge is 0.482 e. The average Bonchev–Trinajstić information content (AvgIpc) is 3.05. The van der Waals surface area contributed by atoms with Crippen LogP contribution in [0.25, 0.3) is 61.3 Å². The first-order valence-electron chi connectivity index (χ1n) is 13.8. The summed E-state index contributed by atoms with van der Waals surface area (Å²) in [6.07, 6.45) is 0. The van der Waals surface area contributed by atoms with Crippen LogP contribution < -0.4 is 4.74 Å². The summed E-state index contributed by atoms with van der Waals surface area (Å²) in [5.41, 5.74) is 8.28. The molecule has 0 fully saturated rings. The van der Waals surface area contributed by atoms with Gasteiger partial charge in [-0.1, -0.05) is 109 Å². The van der Waals surface area contributed by atoms with Gasteiger partial charge in [-0.25, -0.2) is 19.8 Å². The van der Waals surface area contributed by atoms with Crippen LogP contribution in [0, 0.1) is 6.57 Å². The molecule has 0 unspecified atom stereocenters. The normalized spacial score (nSPS) is 12.9. The van der Waals surface area contributed by atoms with Crippen LogP contribution in [-0.2, 0) is 5.60 Å². The lowest BCUT2D eigenvalue weighted by Gasteiger charge is -2.35. The molecule has 0 aliphatic carbocycles. The molecular formula is C37H26N4O. The summed E-state index contributed by atoms with van der Waals surface area (Å²) < 4.78 is 6.34. The topological polar surface area (TPSA) is 52.3 Å². The first-order valence-corrected chi connectivity index (χ1v) is 13.8. The highest BCUT2D eigenvalue weighted by atomic mass is 16.5. The first kappa shape index (κ1) is 25.4. The number of para-hydroxylation sites is 1. The van der Waals surface area contributed by atoms with Crippen LogP contribution in [0.4, 0.5) is 5.69 Å². The van der Waals surface area contributed by atoms with E-state index in [1.165, 1.54) is 0 Å². The number of nitrogens with zero attached hydrogens (tertiary/aromatic N) is 4. The van der Waals surface area contributed by atoms with Crippen LogP contribution in [0.15, 0.2) is 121 Å². The number of hydrogen-bond acceptors (Lipinski definition) is 4. The van der Waals surface area contributed by atoms with Gasteiger partial charge in [0.1, 0.15) is 11.4 Å². The zero-order valence-electron chi connectivity index (χ0n) is 23.2. The van der Waals surface area contributed by atoms with Crippen molar-refractivity contribution in [3.8, 4) is 62.2 Å². The highest BCUT2D eigenvalue weighted by Crippen LogP contribution is 2.46. The van der Waals surface area contributed by atoms with Crippen molar-refractivity contribution in [2.24, 2.45) is 0 Å². The molecule has 1 aliphatic rings. The summed E-state index contributed by atoms with van der Waals surface area (Å²) >= 11 is 0. The van der Waals surface area contributed by atoms with Crippen molar-refractivity contribution in [3.05, 3.63) is 138 Å². The highest BCUT2D eigenvalue weighted by Gasteiger charge is 2.32. The summed E-state index contributed by atoms with van der Waals surface area (Å²) in [5.74, 6) is 2.59. The van der Waals surface area contributed by atoms with Crippen molar-refractivity contribution in [1.29, 1.82) is 0 Å². The lowest BCUT2D eigenvalue weighted by Crippen LogP contribution is -2.29. The summed E-state index contributed by atoms with van der Waals surface area (Å²) in [7, 11) is 0. The number of hydrogen-bond donors (Lipinski definition) is 0. The summed E-state index contributed by atoms with van der Waals surface area (Å²) in [4.78, 5) is 18.3. The van der Waals surface area contributed by atoms with Crippen LogP contribution in [0.5, 0.6) is 5.75 Å². The molecule has 0 saturated carbocycles. The van der Waals surface area contributed by atoms with E-state index < -0.39 is 5.60 Å². The summed E-state index contributed by atoms with van der Waals surface area (Å²) in [6.45, 7) is 11.5. The predicted octanol–water partition coefficient (Wildman–Crippen LogP) is 9.38. The minimum absolute atomic E-state index is 0.469. The molecule has 5 aromatic carbocycles. The second-order valence-electron chi connectivity index (χ2n) is 10.8. The van der Waals surface area contributed by atoms with E-state index in [0.29, 0.717) is 23.2 Å². The Morgan fingerprint density at radius 3 is 1.74 bits per heavy atom. The summed E-state index contributed by atoms with van der Waals surface area (Å²) in [6, 6.07) is 40.4. The first-order chi connectivity index (χ1) is 20.5. The molecule has 0 N–H and O–H groups in total. The zero-order chi connectivity index (χ0) is 28.7. The average molecular weight is 543 g/mol. The van der Waals surface area contributed by atoms with Gasteiger partial charge >= 0.3 is 0 Å². The Morgan fingerprint density at radius 1 is 0.548 bits per heavy atom. The van der Waals surface area contributed by atoms with E-state index in [1.54, 1.807) is 12.1 Å². The van der Waals surface area contributed by atoms with E-state index in [1.807, 2.05) is 48.5 Å². The van der Waals surface area contributed by atoms with E-state index in [-0.39, 0.29) is 0 Å². The SMILES string of the molecule is [C-]#[N+]c1ccc(-c2nc(-c3ccc(-c4ccccc4)cc3)nc(-c3ccc4c(c3)-c3ccccc3OC4(C)C)n2)cc1. The smallest absolute Gasteiger partial charge is 0.187 e. The van der Waals surface area contributed by atoms with Crippen LogP contribution in [-0.4, -0.2) is 15.0 Å². The Balaban J connectivity index is 1.37. The van der Waals surface area contributed by atoms with Crippen molar-refractivity contribution in [2.45, 2.75) is 19.4 Å². The predicted molar refractivity (Wildman–Crippen MR) is 167 cm³/mol. The van der Waals surface area contributed by atoms with Crippen LogP contribution in [0.1, 0.15) is 19.4 Å². The van der Waals surface area contributed by atoms with E-state index in [0.717, 1.165) is 50.3 Å². The fraction of sp³-hybridized carbons (Fsp3) is 0.0811. The van der Waals surface area contributed by atoms with Gasteiger partial charge in [-0.05, 0) is 42.7 Å². The molecule has 7 rings (SSSR count). The molecule has 1 aliphatic heterocycles. The van der Waals surface area contributed by atoms with Crippen LogP contribution >= 0.6 is 0 Å². The van der Waals surface area contributed by atoms with Gasteiger partial charge in [0.2, 0.25) is 0 Å². The molecule has 1 aromatic heterocycles. The van der Waals surface area contributed by atoms with Gasteiger partial charge in [0.05, 0.1) is 6.57 Å². The third-order valence-electron chi connectivity index (χ3n) is 7.61. The molecule has 0 amide bonds. The monoisotopic (exact) mass is 542 g/mol. The van der Waals surface area contributed by atoms with Gasteiger partial charge in [-0.2, -0.15) is 0 Å². The third-order valence-corrected chi connectivity index (χ3v) is 7.61. The van der Waals surface area contributed by atoms with E-state index in [2.05, 4.69) is 79.4 Å². The molecule has 0 atom stereocenters. The highest BCUT2D eigenvalue weighted by molar-refractivity contribution is 5.81. The van der Waals surface area contributed by atoms with Crippen LogP contribution in [0.3, 0.4) is 0 Å². The summed E-state index contributed by atoms with van der Waals surface area (Å²) in [5, 5.41) is 0. The molecule has 0 bridgehead atoms. The van der Waals surface area contributed by atoms with E-state index >= 15 is 0 Å². The molecule has 42 heavy (non-hydrogen) atoms. The Morgan fingerprint density at radius 2 is 1.07 bits per heavy atom. The second-order valence-corrected chi connectivity index (χ2v) is 10.8. The maximum Gasteiger partial charge on any atom is 0.187 e. The number of benzene rings is 5. The van der Waals surface area contributed by atoms with Gasteiger partial charge in [0.25, 0.3) is 0 Å². The standard InChI is InChI=1S/C37H26N4O/c1-37(2)32-22-19-28(23-31(32)30-11-7-8-12-33(30)42-37)36-40-34(39-35(41-36)27-17-20-29(38-3)21-18-27)26-15-13-25(14-16-26)24-9-5-4-6-10-24/h4-23H,1-2H3. The Bertz CT molecular complexity index is 1970. The Kier molecular flexibility index (Phi) is 6.10. The number of fused-ring (bicyclic) bond motifs is 3. The molecular weight excluding hydrogens is 516 g/mol. The quantitative estimate of drug-likeness (QED) is 0.208. The molecule has 2 heterocycles. The van der Waals surface area contributed by atoms with Crippen molar-refractivity contribution in [2.75, 3.05) is 0 Å². The van der Waals surface area contributed by atoms with Gasteiger partial charge in [0, 0.05) is 27.8 Å². The molecule has 0 saturated heterocycles. The molecule has 5 nitrogen and oxygen atoms in total. The Labute approximate surface area is 245 Å². The van der Waals surface area contributed by atoms with Gasteiger partial charge < -0.3 is 4.74 Å². The molecule has 6 aromatic rings. The van der Waals surface area contributed by atoms with Gasteiger partial charge in [-0.15, -0.1) is 0 Å². The lowest BCUT2D eigenvalue weighted by atomic mass is 9.85. The van der Waals surface area contributed by atoms with E-state index in [9.17, 15) is 0 Å². The zero-order valence-corrected chi connectivity index (χ0v) is 23.2. The maximum absolute atomic E-state index is 7.32. The van der Waals surface area contributed by atoms with Gasteiger partial charge in [-0.3, -0.25) is 0 Å². The maximum atomic E-state index is 7.32. The van der Waals surface area contributed by atoms with Crippen LogP contribution in [0.2, 0.25) is 0 Å². The second kappa shape index (κ2) is 10.1. The fourth-order valence-electron chi connectivity index (χ4n) is 5.43. The van der Waals surface area contributed by atoms with Crippen molar-refractivity contribution in [3.63, 3.8) is 0 Å². The number of ether oxygens (including phenoxy) is 1. The van der Waals surface area contributed by atoms with Gasteiger partial charge in [0.15, 0.2) is 23.2 Å². The molecule has 5 heteroatoms. The van der Waals surface area contributed by atoms with Crippen molar-refractivity contribution >= 4 is 5.69 Å². The molecule has 200 valence electrons. The van der Waals surface area contributed by atoms with E-state index in [4.69, 9.17) is 26.3 Å². The minimum Gasteiger partial charge on any atom is -0.482 e. The third kappa shape index (κ3) is 4.59. The number of aromatic nitrogens is 3. The van der Waals surface area contributed by atoms with Crippen molar-refractivity contribution < 1.29 is 4.74 Å².